The van der Waals surface area contributed by atoms with Gasteiger partial charge in [-0.15, -0.1) is 0 Å². The van der Waals surface area contributed by atoms with Gasteiger partial charge in [0.1, 0.15) is 0 Å². The van der Waals surface area contributed by atoms with Gasteiger partial charge in [0.2, 0.25) is 5.91 Å². The van der Waals surface area contributed by atoms with E-state index in [0.717, 1.165) is 16.9 Å². The third kappa shape index (κ3) is 2.81. The minimum atomic E-state index is -0.561. The summed E-state index contributed by atoms with van der Waals surface area (Å²) < 4.78 is 0. The summed E-state index contributed by atoms with van der Waals surface area (Å²) in [5, 5.41) is 7.25. The Morgan fingerprint density at radius 1 is 1.09 bits per heavy atom. The molecule has 0 radical (unpaired) electrons. The number of nitrogens with one attached hydrogen (secondary N) is 2. The molecule has 1 aliphatic heterocycles. The van der Waals surface area contributed by atoms with E-state index in [-0.39, 0.29) is 11.9 Å². The van der Waals surface area contributed by atoms with E-state index in [1.165, 1.54) is 11.1 Å². The molecule has 2 aromatic rings. The zero-order valence-electron chi connectivity index (χ0n) is 13.8. The lowest BCUT2D eigenvalue weighted by Gasteiger charge is -2.40. The van der Waals surface area contributed by atoms with E-state index in [2.05, 4.69) is 30.5 Å². The molecule has 1 aliphatic rings. The number of rotatable bonds is 2. The van der Waals surface area contributed by atoms with E-state index in [1.807, 2.05) is 44.2 Å². The summed E-state index contributed by atoms with van der Waals surface area (Å²) in [7, 11) is 0. The molecule has 1 unspecified atom stereocenters. The molecular weight excluding hydrogens is 308 g/mol. The van der Waals surface area contributed by atoms with Crippen molar-refractivity contribution in [3.8, 4) is 0 Å². The first-order chi connectivity index (χ1) is 10.8. The Morgan fingerprint density at radius 2 is 1.70 bits per heavy atom. The van der Waals surface area contributed by atoms with E-state index in [9.17, 15) is 4.79 Å². The van der Waals surface area contributed by atoms with Crippen molar-refractivity contribution in [2.24, 2.45) is 5.41 Å². The molecule has 0 saturated heterocycles. The van der Waals surface area contributed by atoms with Crippen LogP contribution in [-0.4, -0.2) is 5.91 Å². The van der Waals surface area contributed by atoms with Gasteiger partial charge in [0.25, 0.3) is 0 Å². The van der Waals surface area contributed by atoms with Crippen LogP contribution < -0.4 is 10.6 Å². The Hall–Kier alpha value is -2.00. The second-order valence-electron chi connectivity index (χ2n) is 6.78. The molecule has 3 rings (SSSR count). The Bertz CT molecular complexity index is 766. The zero-order valence-corrected chi connectivity index (χ0v) is 14.6. The maximum absolute atomic E-state index is 12.6. The average molecular weight is 329 g/mol. The second kappa shape index (κ2) is 5.57. The molecule has 1 heterocycles. The number of anilines is 2. The Kier molecular flexibility index (Phi) is 3.85. The molecule has 23 heavy (non-hydrogen) atoms. The highest BCUT2D eigenvalue weighted by Crippen LogP contribution is 2.44. The molecule has 0 aromatic heterocycles. The van der Waals surface area contributed by atoms with Gasteiger partial charge in [-0.25, -0.2) is 0 Å². The number of hydrogen-bond donors (Lipinski definition) is 2. The van der Waals surface area contributed by atoms with Crippen molar-refractivity contribution in [3.63, 3.8) is 0 Å². The van der Waals surface area contributed by atoms with Gasteiger partial charge in [0.15, 0.2) is 0 Å². The summed E-state index contributed by atoms with van der Waals surface area (Å²) in [4.78, 5) is 12.6. The summed E-state index contributed by atoms with van der Waals surface area (Å²) in [6, 6.07) is 11.7. The molecule has 4 heteroatoms. The third-order valence-corrected chi connectivity index (χ3v) is 4.94. The van der Waals surface area contributed by atoms with E-state index in [1.54, 1.807) is 0 Å². The van der Waals surface area contributed by atoms with Crippen LogP contribution in [0.3, 0.4) is 0 Å². The van der Waals surface area contributed by atoms with Crippen molar-refractivity contribution in [1.82, 2.24) is 0 Å². The Balaban J connectivity index is 2.07. The number of carbonyl (C=O) groups is 1. The van der Waals surface area contributed by atoms with Crippen LogP contribution in [0.2, 0.25) is 5.02 Å². The molecule has 2 N–H and O–H groups in total. The molecule has 3 nitrogen and oxygen atoms in total. The predicted molar refractivity (Wildman–Crippen MR) is 96.1 cm³/mol. The van der Waals surface area contributed by atoms with Gasteiger partial charge >= 0.3 is 0 Å². The van der Waals surface area contributed by atoms with Crippen LogP contribution in [0.25, 0.3) is 0 Å². The molecule has 0 aliphatic carbocycles. The molecule has 120 valence electrons. The van der Waals surface area contributed by atoms with Gasteiger partial charge in [0.05, 0.1) is 11.5 Å². The minimum absolute atomic E-state index is 0.0275. The molecule has 1 amide bonds. The van der Waals surface area contributed by atoms with Gasteiger partial charge in [0, 0.05) is 16.4 Å². The summed E-state index contributed by atoms with van der Waals surface area (Å²) in [5.74, 6) is 0.0275. The Labute approximate surface area is 142 Å². The van der Waals surface area contributed by atoms with Crippen LogP contribution in [-0.2, 0) is 4.79 Å². The zero-order chi connectivity index (χ0) is 16.8. The molecule has 0 saturated carbocycles. The van der Waals surface area contributed by atoms with Crippen LogP contribution in [0.4, 0.5) is 11.4 Å². The number of amides is 1. The van der Waals surface area contributed by atoms with Crippen molar-refractivity contribution in [3.05, 3.63) is 58.1 Å². The van der Waals surface area contributed by atoms with Gasteiger partial charge in [-0.3, -0.25) is 4.79 Å². The second-order valence-corrected chi connectivity index (χ2v) is 7.22. The lowest BCUT2D eigenvalue weighted by Crippen LogP contribution is -2.43. The third-order valence-electron chi connectivity index (χ3n) is 4.69. The van der Waals surface area contributed by atoms with Crippen molar-refractivity contribution < 1.29 is 4.79 Å². The maximum Gasteiger partial charge on any atom is 0.232 e. The highest BCUT2D eigenvalue weighted by Gasteiger charge is 2.43. The predicted octanol–water partition coefficient (Wildman–Crippen LogP) is 5.09. The largest absolute Gasteiger partial charge is 0.377 e. The van der Waals surface area contributed by atoms with E-state index in [0.29, 0.717) is 5.02 Å². The molecule has 0 fully saturated rings. The minimum Gasteiger partial charge on any atom is -0.377 e. The maximum atomic E-state index is 12.6. The monoisotopic (exact) mass is 328 g/mol. The lowest BCUT2D eigenvalue weighted by atomic mass is 9.75. The number of carbonyl (C=O) groups excluding carboxylic acids is 1. The average Bonchev–Trinajstić information content (AvgIpc) is 2.49. The van der Waals surface area contributed by atoms with Crippen LogP contribution >= 0.6 is 11.6 Å². The molecule has 1 atom stereocenters. The highest BCUT2D eigenvalue weighted by atomic mass is 35.5. The van der Waals surface area contributed by atoms with Gasteiger partial charge in [-0.2, -0.15) is 0 Å². The first-order valence-electron chi connectivity index (χ1n) is 7.74. The van der Waals surface area contributed by atoms with Crippen molar-refractivity contribution in [2.75, 3.05) is 10.6 Å². The number of fused-ring (bicyclic) bond motifs is 1. The fourth-order valence-corrected chi connectivity index (χ4v) is 3.09. The number of benzene rings is 2. The van der Waals surface area contributed by atoms with E-state index >= 15 is 0 Å². The molecule has 0 spiro atoms. The summed E-state index contributed by atoms with van der Waals surface area (Å²) in [6.07, 6.45) is 0. The van der Waals surface area contributed by atoms with Gasteiger partial charge in [-0.1, -0.05) is 17.7 Å². The lowest BCUT2D eigenvalue weighted by molar-refractivity contribution is -0.125. The van der Waals surface area contributed by atoms with Crippen LogP contribution in [0.15, 0.2) is 36.4 Å². The molecule has 2 aromatic carbocycles. The summed E-state index contributed by atoms with van der Waals surface area (Å²) >= 11 is 5.96. The van der Waals surface area contributed by atoms with Gasteiger partial charge < -0.3 is 10.6 Å². The Morgan fingerprint density at radius 3 is 2.35 bits per heavy atom. The fourth-order valence-electron chi connectivity index (χ4n) is 2.96. The smallest absolute Gasteiger partial charge is 0.232 e. The fraction of sp³-hybridized carbons (Fsp3) is 0.316. The summed E-state index contributed by atoms with van der Waals surface area (Å²) in [5.41, 5.74) is 4.80. The SMILES string of the molecule is Cc1cc2c(cc1C)C(Nc1ccc(Cl)cc1)C(C)(C)C(=O)N2. The van der Waals surface area contributed by atoms with E-state index in [4.69, 9.17) is 11.6 Å². The van der Waals surface area contributed by atoms with E-state index < -0.39 is 5.41 Å². The van der Waals surface area contributed by atoms with Gasteiger partial charge in [-0.05, 0) is 74.7 Å². The first kappa shape index (κ1) is 15.9. The van der Waals surface area contributed by atoms with Crippen molar-refractivity contribution >= 4 is 28.9 Å². The number of halogens is 1. The number of hydrogen-bond acceptors (Lipinski definition) is 2. The topological polar surface area (TPSA) is 41.1 Å². The normalized spacial score (nSPS) is 19.0. The van der Waals surface area contributed by atoms with Crippen molar-refractivity contribution in [1.29, 1.82) is 0 Å². The first-order valence-corrected chi connectivity index (χ1v) is 8.11. The molecular formula is C19H21ClN2O. The van der Waals surface area contributed by atoms with Crippen LogP contribution in [0.1, 0.15) is 36.6 Å². The van der Waals surface area contributed by atoms with Crippen LogP contribution in [0, 0.1) is 19.3 Å². The molecule has 0 bridgehead atoms. The van der Waals surface area contributed by atoms with Crippen molar-refractivity contribution in [2.45, 2.75) is 33.7 Å². The van der Waals surface area contributed by atoms with Crippen LogP contribution in [0.5, 0.6) is 0 Å². The standard InChI is InChI=1S/C19H21ClN2O/c1-11-9-15-16(10-12(11)2)22-18(23)19(3,4)17(15)21-14-7-5-13(20)6-8-14/h5-10,17,21H,1-4H3,(H,22,23). The summed E-state index contributed by atoms with van der Waals surface area (Å²) in [6.45, 7) is 8.09. The number of aryl methyl sites for hydroxylation is 2. The quantitative estimate of drug-likeness (QED) is 0.806. The highest BCUT2D eigenvalue weighted by molar-refractivity contribution is 6.30.